The number of aryl methyl sites for hydroxylation is 1. The third-order valence-electron chi connectivity index (χ3n) is 2.53. The van der Waals surface area contributed by atoms with Crippen LogP contribution in [0, 0.1) is 6.92 Å². The van der Waals surface area contributed by atoms with E-state index in [0.717, 1.165) is 15.2 Å². The molecule has 0 atom stereocenters. The third kappa shape index (κ3) is 1.62. The molecular weight excluding hydrogens is 224 g/mol. The van der Waals surface area contributed by atoms with Gasteiger partial charge in [0.2, 0.25) is 0 Å². The van der Waals surface area contributed by atoms with Crippen LogP contribution in [0.2, 0.25) is 0 Å². The van der Waals surface area contributed by atoms with Crippen LogP contribution < -0.4 is 10.5 Å². The van der Waals surface area contributed by atoms with Gasteiger partial charge in [-0.25, -0.2) is 4.98 Å². The van der Waals surface area contributed by atoms with Crippen LogP contribution in [0.3, 0.4) is 0 Å². The van der Waals surface area contributed by atoms with Crippen molar-refractivity contribution in [1.82, 2.24) is 4.98 Å². The molecule has 3 rings (SSSR count). The first kappa shape index (κ1) is 9.86. The summed E-state index contributed by atoms with van der Waals surface area (Å²) in [5.74, 6) is 0.714. The number of aromatic nitrogens is 1. The summed E-state index contributed by atoms with van der Waals surface area (Å²) in [6, 6.07) is 3.83. The van der Waals surface area contributed by atoms with Crippen LogP contribution in [-0.2, 0) is 4.74 Å². The number of nitrogens with two attached hydrogens (primary N) is 1. The maximum Gasteiger partial charge on any atom is 0.145 e. The second-order valence-electron chi connectivity index (χ2n) is 3.87. The highest BCUT2D eigenvalue weighted by Crippen LogP contribution is 2.32. The molecule has 1 saturated heterocycles. The molecule has 16 heavy (non-hydrogen) atoms. The molecule has 84 valence electrons. The molecule has 2 N–H and O–H groups in total. The van der Waals surface area contributed by atoms with E-state index in [1.54, 1.807) is 11.3 Å². The van der Waals surface area contributed by atoms with Gasteiger partial charge in [0.05, 0.1) is 34.1 Å². The van der Waals surface area contributed by atoms with Gasteiger partial charge in [-0.15, -0.1) is 11.3 Å². The third-order valence-corrected chi connectivity index (χ3v) is 3.46. The van der Waals surface area contributed by atoms with E-state index in [1.807, 2.05) is 19.1 Å². The van der Waals surface area contributed by atoms with Gasteiger partial charge in [-0.2, -0.15) is 0 Å². The van der Waals surface area contributed by atoms with E-state index in [2.05, 4.69) is 4.98 Å². The molecule has 2 aromatic rings. The van der Waals surface area contributed by atoms with Crippen molar-refractivity contribution >= 4 is 27.2 Å². The molecule has 0 amide bonds. The second kappa shape index (κ2) is 3.61. The number of nitrogens with zero attached hydrogens (tertiary/aromatic N) is 1. The first-order chi connectivity index (χ1) is 7.72. The quantitative estimate of drug-likeness (QED) is 0.810. The van der Waals surface area contributed by atoms with Crippen molar-refractivity contribution in [2.24, 2.45) is 0 Å². The smallest absolute Gasteiger partial charge is 0.145 e. The predicted molar refractivity (Wildman–Crippen MR) is 64.0 cm³/mol. The van der Waals surface area contributed by atoms with Crippen molar-refractivity contribution in [2.75, 3.05) is 18.9 Å². The lowest BCUT2D eigenvalue weighted by molar-refractivity contribution is -0.0793. The summed E-state index contributed by atoms with van der Waals surface area (Å²) < 4.78 is 11.9. The summed E-state index contributed by atoms with van der Waals surface area (Å²) in [5.41, 5.74) is 7.56. The van der Waals surface area contributed by atoms with Crippen molar-refractivity contribution < 1.29 is 9.47 Å². The second-order valence-corrected chi connectivity index (χ2v) is 5.10. The summed E-state index contributed by atoms with van der Waals surface area (Å²) in [5, 5.41) is 1.04. The van der Waals surface area contributed by atoms with E-state index >= 15 is 0 Å². The minimum Gasteiger partial charge on any atom is -0.483 e. The van der Waals surface area contributed by atoms with Gasteiger partial charge in [0.25, 0.3) is 0 Å². The Morgan fingerprint density at radius 3 is 3.00 bits per heavy atom. The molecule has 0 saturated carbocycles. The van der Waals surface area contributed by atoms with Gasteiger partial charge in [0.15, 0.2) is 0 Å². The van der Waals surface area contributed by atoms with Gasteiger partial charge < -0.3 is 15.2 Å². The van der Waals surface area contributed by atoms with Gasteiger partial charge in [-0.05, 0) is 13.0 Å². The fraction of sp³-hybridized carbons (Fsp3) is 0.364. The number of ether oxygens (including phenoxy) is 2. The minimum absolute atomic E-state index is 0.138. The van der Waals surface area contributed by atoms with E-state index in [4.69, 9.17) is 15.2 Å². The van der Waals surface area contributed by atoms with E-state index in [-0.39, 0.29) is 6.10 Å². The Kier molecular flexibility index (Phi) is 2.22. The Hall–Kier alpha value is -1.33. The van der Waals surface area contributed by atoms with Crippen LogP contribution in [0.15, 0.2) is 12.1 Å². The lowest BCUT2D eigenvalue weighted by Gasteiger charge is -2.27. The number of rotatable bonds is 2. The Morgan fingerprint density at radius 2 is 2.31 bits per heavy atom. The SMILES string of the molecule is Cc1nc2cc(OC3COC3)c(N)cc2s1. The molecule has 5 heteroatoms. The Labute approximate surface area is 97.0 Å². The average Bonchev–Trinajstić information content (AvgIpc) is 2.50. The number of fused-ring (bicyclic) bond motifs is 1. The Balaban J connectivity index is 1.99. The molecule has 1 aromatic carbocycles. The molecule has 0 radical (unpaired) electrons. The highest BCUT2D eigenvalue weighted by molar-refractivity contribution is 7.18. The van der Waals surface area contributed by atoms with Crippen molar-refractivity contribution in [2.45, 2.75) is 13.0 Å². The normalized spacial score (nSPS) is 16.3. The van der Waals surface area contributed by atoms with Crippen molar-refractivity contribution in [1.29, 1.82) is 0 Å². The zero-order valence-corrected chi connectivity index (χ0v) is 9.71. The maximum atomic E-state index is 5.94. The average molecular weight is 236 g/mol. The van der Waals surface area contributed by atoms with Crippen LogP contribution in [0.5, 0.6) is 5.75 Å². The topological polar surface area (TPSA) is 57.4 Å². The molecule has 0 aliphatic carbocycles. The number of hydrogen-bond acceptors (Lipinski definition) is 5. The van der Waals surface area contributed by atoms with Gasteiger partial charge in [-0.1, -0.05) is 0 Å². The Morgan fingerprint density at radius 1 is 1.50 bits per heavy atom. The van der Waals surface area contributed by atoms with Crippen LogP contribution in [0.25, 0.3) is 10.2 Å². The van der Waals surface area contributed by atoms with E-state index in [1.165, 1.54) is 0 Å². The van der Waals surface area contributed by atoms with Crippen LogP contribution in [-0.4, -0.2) is 24.3 Å². The van der Waals surface area contributed by atoms with Gasteiger partial charge in [0, 0.05) is 6.07 Å². The summed E-state index contributed by atoms with van der Waals surface area (Å²) in [6.07, 6.45) is 0.138. The number of benzene rings is 1. The monoisotopic (exact) mass is 236 g/mol. The minimum atomic E-state index is 0.138. The van der Waals surface area contributed by atoms with Crippen LogP contribution in [0.4, 0.5) is 5.69 Å². The maximum absolute atomic E-state index is 5.94. The molecule has 1 aliphatic heterocycles. The molecule has 1 fully saturated rings. The van der Waals surface area contributed by atoms with Gasteiger partial charge >= 0.3 is 0 Å². The summed E-state index contributed by atoms with van der Waals surface area (Å²) in [7, 11) is 0. The molecule has 0 bridgehead atoms. The van der Waals surface area contributed by atoms with Crippen LogP contribution in [0.1, 0.15) is 5.01 Å². The van der Waals surface area contributed by atoms with E-state index in [0.29, 0.717) is 24.7 Å². The molecule has 1 aromatic heterocycles. The lowest BCUT2D eigenvalue weighted by atomic mass is 10.2. The van der Waals surface area contributed by atoms with Crippen molar-refractivity contribution in [3.05, 3.63) is 17.1 Å². The molecule has 0 spiro atoms. The zero-order valence-electron chi connectivity index (χ0n) is 8.90. The largest absolute Gasteiger partial charge is 0.483 e. The van der Waals surface area contributed by atoms with Crippen molar-refractivity contribution in [3.8, 4) is 5.75 Å². The van der Waals surface area contributed by atoms with Crippen LogP contribution >= 0.6 is 11.3 Å². The highest BCUT2D eigenvalue weighted by Gasteiger charge is 2.21. The van der Waals surface area contributed by atoms with E-state index < -0.39 is 0 Å². The Bertz CT molecular complexity index is 534. The summed E-state index contributed by atoms with van der Waals surface area (Å²) in [6.45, 7) is 3.28. The fourth-order valence-electron chi connectivity index (χ4n) is 1.65. The predicted octanol–water partition coefficient (Wildman–Crippen LogP) is 1.96. The lowest BCUT2D eigenvalue weighted by Crippen LogP contribution is -2.38. The molecule has 4 nitrogen and oxygen atoms in total. The van der Waals surface area contributed by atoms with Gasteiger partial charge in [0.1, 0.15) is 11.9 Å². The number of nitrogen functional groups attached to an aromatic ring is 1. The zero-order chi connectivity index (χ0) is 11.1. The molecular formula is C11H12N2O2S. The molecule has 0 unspecified atom stereocenters. The number of thiazole rings is 1. The standard InChI is InChI=1S/C11H12N2O2S/c1-6-13-9-3-10(15-7-4-14-5-7)8(12)2-11(9)16-6/h2-3,7H,4-5,12H2,1H3. The summed E-state index contributed by atoms with van der Waals surface area (Å²) >= 11 is 1.64. The van der Waals surface area contributed by atoms with E-state index in [9.17, 15) is 0 Å². The fourth-order valence-corrected chi connectivity index (χ4v) is 2.51. The summed E-state index contributed by atoms with van der Waals surface area (Å²) in [4.78, 5) is 4.42. The molecule has 1 aliphatic rings. The first-order valence-corrected chi connectivity index (χ1v) is 5.95. The van der Waals surface area contributed by atoms with Crippen molar-refractivity contribution in [3.63, 3.8) is 0 Å². The highest BCUT2D eigenvalue weighted by atomic mass is 32.1. The molecule has 2 heterocycles. The van der Waals surface area contributed by atoms with Gasteiger partial charge in [-0.3, -0.25) is 0 Å². The number of anilines is 1. The first-order valence-electron chi connectivity index (χ1n) is 5.13. The number of hydrogen-bond donors (Lipinski definition) is 1.